The van der Waals surface area contributed by atoms with Crippen molar-refractivity contribution in [2.75, 3.05) is 6.54 Å². The number of carbonyl (C=O) groups is 5. The van der Waals surface area contributed by atoms with Crippen molar-refractivity contribution in [2.24, 2.45) is 16.5 Å². The number of ether oxygens (including phenoxy) is 1. The summed E-state index contributed by atoms with van der Waals surface area (Å²) in [5.41, 5.74) is 9.47. The Morgan fingerprint density at radius 1 is 1.10 bits per heavy atom. The molecular formula is C29H36N4O8. The van der Waals surface area contributed by atoms with Gasteiger partial charge in [-0.05, 0) is 50.0 Å². The van der Waals surface area contributed by atoms with Crippen LogP contribution in [0.25, 0.3) is 0 Å². The highest BCUT2D eigenvalue weighted by Gasteiger charge is 2.54. The number of aliphatic carboxylic acids is 2. The van der Waals surface area contributed by atoms with Crippen LogP contribution in [0, 0.1) is 0 Å². The van der Waals surface area contributed by atoms with Crippen molar-refractivity contribution in [1.82, 2.24) is 4.90 Å². The average Bonchev–Trinajstić information content (AvgIpc) is 3.17. The van der Waals surface area contributed by atoms with Gasteiger partial charge in [0.25, 0.3) is 0 Å². The molecule has 3 rings (SSSR count). The summed E-state index contributed by atoms with van der Waals surface area (Å²) >= 11 is 0. The molecule has 41 heavy (non-hydrogen) atoms. The summed E-state index contributed by atoms with van der Waals surface area (Å²) in [7, 11) is 0. The molecule has 0 bridgehead atoms. The van der Waals surface area contributed by atoms with Gasteiger partial charge in [-0.25, -0.2) is 14.4 Å². The summed E-state index contributed by atoms with van der Waals surface area (Å²) in [5.74, 6) is -4.51. The van der Waals surface area contributed by atoms with Crippen LogP contribution in [0.3, 0.4) is 0 Å². The maximum Gasteiger partial charge on any atom is 0.343 e. The van der Waals surface area contributed by atoms with Gasteiger partial charge < -0.3 is 31.3 Å². The molecule has 0 saturated carbocycles. The maximum absolute atomic E-state index is 13.8. The van der Waals surface area contributed by atoms with E-state index in [1.807, 2.05) is 0 Å². The largest absolute Gasteiger partial charge is 0.480 e. The molecule has 3 aliphatic rings. The second-order valence-electron chi connectivity index (χ2n) is 10.2. The van der Waals surface area contributed by atoms with Crippen LogP contribution in [-0.2, 0) is 28.7 Å². The predicted octanol–water partition coefficient (Wildman–Crippen LogP) is 2.27. The lowest BCUT2D eigenvalue weighted by Crippen LogP contribution is -2.44. The Bertz CT molecular complexity index is 1320. The van der Waals surface area contributed by atoms with E-state index in [0.29, 0.717) is 12.0 Å². The van der Waals surface area contributed by atoms with Gasteiger partial charge in [0.05, 0.1) is 0 Å². The van der Waals surface area contributed by atoms with E-state index in [4.69, 9.17) is 16.2 Å². The predicted molar refractivity (Wildman–Crippen MR) is 149 cm³/mol. The highest BCUT2D eigenvalue weighted by atomic mass is 16.6. The number of hydrogen-bond donors (Lipinski definition) is 4. The van der Waals surface area contributed by atoms with Gasteiger partial charge in [-0.1, -0.05) is 32.6 Å². The molecular weight excluding hydrogens is 532 g/mol. The molecule has 0 fully saturated rings. The first-order valence-electron chi connectivity index (χ1n) is 13.6. The summed E-state index contributed by atoms with van der Waals surface area (Å²) in [4.78, 5) is 68.4. The Hall–Kier alpha value is -4.48. The van der Waals surface area contributed by atoms with Crippen LogP contribution in [0.2, 0.25) is 0 Å². The summed E-state index contributed by atoms with van der Waals surface area (Å²) in [6.07, 6.45) is 11.4. The molecule has 0 aromatic rings. The Morgan fingerprint density at radius 3 is 2.44 bits per heavy atom. The summed E-state index contributed by atoms with van der Waals surface area (Å²) < 4.78 is 5.49. The number of rotatable bonds is 15. The van der Waals surface area contributed by atoms with Crippen molar-refractivity contribution in [3.05, 3.63) is 58.5 Å². The van der Waals surface area contributed by atoms with Gasteiger partial charge in [-0.2, -0.15) is 0 Å². The monoisotopic (exact) mass is 568 g/mol. The van der Waals surface area contributed by atoms with Crippen molar-refractivity contribution < 1.29 is 38.9 Å². The molecule has 0 aromatic heterocycles. The number of carboxylic acid groups (broad SMARTS) is 2. The van der Waals surface area contributed by atoms with E-state index in [2.05, 4.69) is 11.9 Å². The Balaban J connectivity index is 2.03. The number of Topliss-reactive ketones (excluding diaryl/α,β-unsaturated/α-hetero) is 2. The van der Waals surface area contributed by atoms with Gasteiger partial charge in [0, 0.05) is 42.1 Å². The third kappa shape index (κ3) is 7.00. The van der Waals surface area contributed by atoms with Crippen LogP contribution in [0.15, 0.2) is 63.5 Å². The molecule has 1 aliphatic carbocycles. The molecule has 220 valence electrons. The van der Waals surface area contributed by atoms with Crippen molar-refractivity contribution in [1.29, 1.82) is 0 Å². The number of allylic oxidation sites excluding steroid dienone is 3. The lowest BCUT2D eigenvalue weighted by molar-refractivity contribution is -0.153. The Morgan fingerprint density at radius 2 is 1.80 bits per heavy atom. The third-order valence-electron chi connectivity index (χ3n) is 7.18. The topological polar surface area (TPSA) is 203 Å². The van der Waals surface area contributed by atoms with Gasteiger partial charge in [0.2, 0.25) is 5.78 Å². The highest BCUT2D eigenvalue weighted by molar-refractivity contribution is 6.25. The van der Waals surface area contributed by atoms with E-state index in [9.17, 15) is 34.2 Å². The molecule has 12 nitrogen and oxygen atoms in total. The van der Waals surface area contributed by atoms with Gasteiger partial charge in [-0.15, -0.1) is 0 Å². The van der Waals surface area contributed by atoms with Crippen LogP contribution in [0.1, 0.15) is 65.2 Å². The van der Waals surface area contributed by atoms with Gasteiger partial charge in [0.15, 0.2) is 17.3 Å². The van der Waals surface area contributed by atoms with E-state index < -0.39 is 41.1 Å². The zero-order valence-corrected chi connectivity index (χ0v) is 23.2. The zero-order chi connectivity index (χ0) is 30.3. The first kappa shape index (κ1) is 31.1. The number of carbonyl (C=O) groups excluding carboxylic acids is 3. The number of carboxylic acids is 2. The fourth-order valence-electron chi connectivity index (χ4n) is 5.05. The molecule has 0 spiro atoms. The van der Waals surface area contributed by atoms with Crippen LogP contribution in [-0.4, -0.2) is 68.7 Å². The van der Waals surface area contributed by atoms with Gasteiger partial charge >= 0.3 is 17.9 Å². The van der Waals surface area contributed by atoms with E-state index in [1.165, 1.54) is 36.3 Å². The van der Waals surface area contributed by atoms with Crippen LogP contribution in [0.4, 0.5) is 0 Å². The molecule has 0 amide bonds. The fourth-order valence-corrected chi connectivity index (χ4v) is 5.05. The molecule has 12 heteroatoms. The standard InChI is InChI=1S/C29H36N4O8/c1-3-4-5-6-7-10-22(34)24-20-15-17-14-18(11-12-23(35)36)33(21(26(38)39)9-8-13-32-28(30)31)16-19(17)25(37)29(20,2)41-27(24)40/h11-12,14-16,21H,3-10,13H2,1-2H3,(H,35,36)(H,38,39)(H4,30,31,32)/b12-11-. The van der Waals surface area contributed by atoms with Crippen LogP contribution >= 0.6 is 0 Å². The van der Waals surface area contributed by atoms with Gasteiger partial charge in [-0.3, -0.25) is 14.6 Å². The molecule has 0 saturated heterocycles. The summed E-state index contributed by atoms with van der Waals surface area (Å²) in [5, 5.41) is 19.2. The van der Waals surface area contributed by atoms with E-state index in [1.54, 1.807) is 0 Å². The van der Waals surface area contributed by atoms with Crippen LogP contribution in [0.5, 0.6) is 0 Å². The molecule has 6 N–H and O–H groups in total. The number of hydrogen-bond acceptors (Lipinski definition) is 8. The number of guanidine groups is 1. The normalized spacial score (nSPS) is 20.5. The second kappa shape index (κ2) is 13.2. The highest BCUT2D eigenvalue weighted by Crippen LogP contribution is 2.45. The number of nitrogens with zero attached hydrogens (tertiary/aromatic N) is 2. The van der Waals surface area contributed by atoms with E-state index in [0.717, 1.165) is 31.8 Å². The minimum atomic E-state index is -1.75. The number of unbranched alkanes of at least 4 members (excludes halogenated alkanes) is 4. The lowest BCUT2D eigenvalue weighted by atomic mass is 9.76. The average molecular weight is 569 g/mol. The number of aliphatic imine (C=N–C) groups is 1. The van der Waals surface area contributed by atoms with Crippen molar-refractivity contribution in [3.63, 3.8) is 0 Å². The van der Waals surface area contributed by atoms with Crippen molar-refractivity contribution in [3.8, 4) is 0 Å². The summed E-state index contributed by atoms with van der Waals surface area (Å²) in [6, 6.07) is -1.20. The van der Waals surface area contributed by atoms with Crippen LogP contribution < -0.4 is 11.5 Å². The number of nitrogens with two attached hydrogens (primary N) is 2. The van der Waals surface area contributed by atoms with Gasteiger partial charge in [0.1, 0.15) is 11.6 Å². The third-order valence-corrected chi connectivity index (χ3v) is 7.18. The molecule has 2 unspecified atom stereocenters. The Labute approximate surface area is 237 Å². The molecule has 0 radical (unpaired) electrons. The molecule has 0 aromatic carbocycles. The molecule has 2 heterocycles. The smallest absolute Gasteiger partial charge is 0.343 e. The van der Waals surface area contributed by atoms with Crippen molar-refractivity contribution >= 4 is 35.4 Å². The fraction of sp³-hybridized carbons (Fsp3) is 0.448. The minimum Gasteiger partial charge on any atom is -0.480 e. The number of ketones is 2. The van der Waals surface area contributed by atoms with Crippen molar-refractivity contribution in [2.45, 2.75) is 76.9 Å². The quantitative estimate of drug-likeness (QED) is 0.0563. The minimum absolute atomic E-state index is 0.0652. The second-order valence-corrected chi connectivity index (χ2v) is 10.2. The SMILES string of the molecule is CCCCCCCC(=O)C1=C2C=C3C=C(/C=C\C(=O)O)N(C(CCCN=C(N)N)C(=O)O)C=C3C(=O)C2(C)OC1=O. The Kier molecular flexibility index (Phi) is 10.0. The van der Waals surface area contributed by atoms with E-state index >= 15 is 0 Å². The first-order chi connectivity index (χ1) is 19.4. The first-order valence-corrected chi connectivity index (χ1v) is 13.6. The lowest BCUT2D eigenvalue weighted by Gasteiger charge is -2.36. The number of esters is 1. The molecule has 2 aliphatic heterocycles. The molecule has 2 atom stereocenters. The number of fused-ring (bicyclic) bond motifs is 2. The van der Waals surface area contributed by atoms with E-state index in [-0.39, 0.29) is 54.2 Å². The zero-order valence-electron chi connectivity index (χ0n) is 23.2. The maximum atomic E-state index is 13.8. The summed E-state index contributed by atoms with van der Waals surface area (Å²) in [6.45, 7) is 3.67.